The summed E-state index contributed by atoms with van der Waals surface area (Å²) in [6.45, 7) is 6.28. The summed E-state index contributed by atoms with van der Waals surface area (Å²) < 4.78 is 0. The van der Waals surface area contributed by atoms with Gasteiger partial charge in [0.15, 0.2) is 0 Å². The molecule has 0 saturated carbocycles. The van der Waals surface area contributed by atoms with Crippen LogP contribution >= 0.6 is 0 Å². The third kappa shape index (κ3) is 4.43. The zero-order chi connectivity index (χ0) is 22.0. The molecule has 1 aliphatic heterocycles. The van der Waals surface area contributed by atoms with Crippen molar-refractivity contribution < 1.29 is 15.0 Å². The second-order valence-electron chi connectivity index (χ2n) is 8.50. The van der Waals surface area contributed by atoms with E-state index in [1.165, 1.54) is 33.2 Å². The normalized spacial score (nSPS) is 17.1. The van der Waals surface area contributed by atoms with Crippen molar-refractivity contribution >= 4 is 16.9 Å². The van der Waals surface area contributed by atoms with Gasteiger partial charge in [-0.2, -0.15) is 0 Å². The van der Waals surface area contributed by atoms with Gasteiger partial charge in [-0.25, -0.2) is 4.79 Å². The van der Waals surface area contributed by atoms with Gasteiger partial charge in [0, 0.05) is 36.8 Å². The van der Waals surface area contributed by atoms with Crippen LogP contribution in [-0.2, 0) is 6.54 Å². The van der Waals surface area contributed by atoms with Gasteiger partial charge in [0.1, 0.15) is 0 Å². The number of carboxylic acids is 1. The molecule has 1 aliphatic rings. The second kappa shape index (κ2) is 9.08. The van der Waals surface area contributed by atoms with Crippen LogP contribution in [0.2, 0.25) is 0 Å². The summed E-state index contributed by atoms with van der Waals surface area (Å²) in [5.74, 6) is -0.906. The van der Waals surface area contributed by atoms with Crippen molar-refractivity contribution in [3.8, 4) is 0 Å². The monoisotopic (exact) mass is 418 g/mol. The van der Waals surface area contributed by atoms with Crippen LogP contribution in [0.5, 0.6) is 0 Å². The van der Waals surface area contributed by atoms with E-state index >= 15 is 0 Å². The SMILES string of the molecule is Cc1cc(C)c2[nH]ccc2c1CN1CCC(CCCO)=CC1c1ccc(C(=O)O)cc1. The molecule has 0 fully saturated rings. The van der Waals surface area contributed by atoms with Crippen molar-refractivity contribution in [3.05, 3.63) is 82.1 Å². The number of hydrogen-bond donors (Lipinski definition) is 3. The van der Waals surface area contributed by atoms with E-state index in [4.69, 9.17) is 0 Å². The van der Waals surface area contributed by atoms with E-state index in [1.807, 2.05) is 18.3 Å². The first-order valence-electron chi connectivity index (χ1n) is 10.9. The van der Waals surface area contributed by atoms with E-state index in [2.05, 4.69) is 41.9 Å². The van der Waals surface area contributed by atoms with Crippen molar-refractivity contribution in [1.82, 2.24) is 9.88 Å². The molecule has 0 bridgehead atoms. The average molecular weight is 419 g/mol. The molecule has 3 N–H and O–H groups in total. The minimum absolute atomic E-state index is 0.0833. The van der Waals surface area contributed by atoms with Crippen molar-refractivity contribution in [2.75, 3.05) is 13.2 Å². The first-order valence-corrected chi connectivity index (χ1v) is 10.9. The molecule has 5 heteroatoms. The number of hydrogen-bond acceptors (Lipinski definition) is 3. The molecule has 3 aromatic rings. The lowest BCUT2D eigenvalue weighted by atomic mass is 9.92. The molecular weight excluding hydrogens is 388 g/mol. The molecule has 0 radical (unpaired) electrons. The highest BCUT2D eigenvalue weighted by atomic mass is 16.4. The summed E-state index contributed by atoms with van der Waals surface area (Å²) in [5.41, 5.74) is 7.84. The zero-order valence-electron chi connectivity index (χ0n) is 18.2. The Bertz CT molecular complexity index is 1110. The highest BCUT2D eigenvalue weighted by molar-refractivity contribution is 5.88. The molecule has 1 aromatic heterocycles. The number of benzene rings is 2. The number of H-pyrrole nitrogens is 1. The standard InChI is InChI=1S/C26H30N2O3/c1-17-14-18(2)25-22(9-11-27-25)23(17)16-28-12-10-19(4-3-13-29)15-24(28)20-5-7-21(8-6-20)26(30)31/h5-9,11,14-15,24,27,29H,3-4,10,12-13,16H2,1-2H3,(H,30,31). The van der Waals surface area contributed by atoms with Gasteiger partial charge in [0.25, 0.3) is 0 Å². The fourth-order valence-corrected chi connectivity index (χ4v) is 4.72. The maximum atomic E-state index is 11.3. The molecule has 2 aromatic carbocycles. The number of aromatic amines is 1. The first kappa shape index (κ1) is 21.3. The number of fused-ring (bicyclic) bond motifs is 1. The Balaban J connectivity index is 1.69. The lowest BCUT2D eigenvalue weighted by molar-refractivity contribution is 0.0697. The Hall–Kier alpha value is -2.89. The lowest BCUT2D eigenvalue weighted by Crippen LogP contribution is -2.32. The van der Waals surface area contributed by atoms with E-state index in [0.717, 1.165) is 37.9 Å². The predicted octanol–water partition coefficient (Wildman–Crippen LogP) is 5.13. The molecule has 2 heterocycles. The van der Waals surface area contributed by atoms with Gasteiger partial charge < -0.3 is 15.2 Å². The second-order valence-corrected chi connectivity index (χ2v) is 8.50. The number of aliphatic hydroxyl groups excluding tert-OH is 1. The Morgan fingerprint density at radius 1 is 1.16 bits per heavy atom. The maximum Gasteiger partial charge on any atom is 0.335 e. The van der Waals surface area contributed by atoms with Gasteiger partial charge in [-0.1, -0.05) is 29.8 Å². The van der Waals surface area contributed by atoms with Crippen LogP contribution in [0.25, 0.3) is 10.9 Å². The molecule has 0 aliphatic carbocycles. The highest BCUT2D eigenvalue weighted by Gasteiger charge is 2.25. The largest absolute Gasteiger partial charge is 0.478 e. The van der Waals surface area contributed by atoms with Crippen molar-refractivity contribution in [2.45, 2.75) is 45.7 Å². The van der Waals surface area contributed by atoms with E-state index in [9.17, 15) is 15.0 Å². The van der Waals surface area contributed by atoms with Gasteiger partial charge in [-0.15, -0.1) is 0 Å². The lowest BCUT2D eigenvalue weighted by Gasteiger charge is -2.35. The Morgan fingerprint density at radius 2 is 1.94 bits per heavy atom. The van der Waals surface area contributed by atoms with Crippen molar-refractivity contribution in [1.29, 1.82) is 0 Å². The van der Waals surface area contributed by atoms with Crippen LogP contribution < -0.4 is 0 Å². The van der Waals surface area contributed by atoms with E-state index in [-0.39, 0.29) is 12.6 Å². The molecule has 1 unspecified atom stereocenters. The number of carbonyl (C=O) groups is 1. The number of aryl methyl sites for hydroxylation is 2. The fourth-order valence-electron chi connectivity index (χ4n) is 4.72. The van der Waals surface area contributed by atoms with Crippen LogP contribution in [-0.4, -0.2) is 39.2 Å². The molecule has 0 amide bonds. The summed E-state index contributed by atoms with van der Waals surface area (Å²) in [6.07, 6.45) is 6.99. The Morgan fingerprint density at radius 3 is 2.65 bits per heavy atom. The Kier molecular flexibility index (Phi) is 6.25. The third-order valence-electron chi connectivity index (χ3n) is 6.40. The molecule has 0 saturated heterocycles. The molecule has 162 valence electrons. The van der Waals surface area contributed by atoms with Crippen LogP contribution in [0.1, 0.15) is 57.9 Å². The third-order valence-corrected chi connectivity index (χ3v) is 6.40. The van der Waals surface area contributed by atoms with Crippen LogP contribution in [0.15, 0.2) is 54.2 Å². The molecule has 1 atom stereocenters. The predicted molar refractivity (Wildman–Crippen MR) is 123 cm³/mol. The average Bonchev–Trinajstić information content (AvgIpc) is 3.26. The zero-order valence-corrected chi connectivity index (χ0v) is 18.2. The van der Waals surface area contributed by atoms with Gasteiger partial charge in [0.2, 0.25) is 0 Å². The summed E-state index contributed by atoms with van der Waals surface area (Å²) in [4.78, 5) is 17.1. The number of rotatable bonds is 7. The van der Waals surface area contributed by atoms with Gasteiger partial charge in [-0.3, -0.25) is 4.90 Å². The maximum absolute atomic E-state index is 11.3. The van der Waals surface area contributed by atoms with Gasteiger partial charge in [-0.05, 0) is 73.6 Å². The summed E-state index contributed by atoms with van der Waals surface area (Å²) in [5, 5.41) is 19.8. The Labute approximate surface area is 183 Å². The van der Waals surface area contributed by atoms with Crippen LogP contribution in [0, 0.1) is 13.8 Å². The summed E-state index contributed by atoms with van der Waals surface area (Å²) >= 11 is 0. The molecule has 31 heavy (non-hydrogen) atoms. The number of nitrogens with zero attached hydrogens (tertiary/aromatic N) is 1. The van der Waals surface area contributed by atoms with Crippen molar-refractivity contribution in [2.24, 2.45) is 0 Å². The number of carboxylic acid groups (broad SMARTS) is 1. The molecule has 5 nitrogen and oxygen atoms in total. The summed E-state index contributed by atoms with van der Waals surface area (Å²) in [6, 6.07) is 11.7. The van der Waals surface area contributed by atoms with Crippen molar-refractivity contribution in [3.63, 3.8) is 0 Å². The number of aromatic nitrogens is 1. The number of nitrogens with one attached hydrogen (secondary N) is 1. The van der Waals surface area contributed by atoms with E-state index in [1.54, 1.807) is 12.1 Å². The van der Waals surface area contributed by atoms with Crippen LogP contribution in [0.4, 0.5) is 0 Å². The smallest absolute Gasteiger partial charge is 0.335 e. The number of aromatic carboxylic acids is 1. The molecule has 0 spiro atoms. The minimum Gasteiger partial charge on any atom is -0.478 e. The van der Waals surface area contributed by atoms with Gasteiger partial charge in [0.05, 0.1) is 11.6 Å². The first-order chi connectivity index (χ1) is 15.0. The highest BCUT2D eigenvalue weighted by Crippen LogP contribution is 2.34. The fraction of sp³-hybridized carbons (Fsp3) is 0.346. The summed E-state index contributed by atoms with van der Waals surface area (Å²) in [7, 11) is 0. The topological polar surface area (TPSA) is 76.6 Å². The minimum atomic E-state index is -0.906. The molecule has 4 rings (SSSR count). The van der Waals surface area contributed by atoms with Gasteiger partial charge >= 0.3 is 5.97 Å². The quantitative estimate of drug-likeness (QED) is 0.465. The van der Waals surface area contributed by atoms with E-state index in [0.29, 0.717) is 5.56 Å². The van der Waals surface area contributed by atoms with E-state index < -0.39 is 5.97 Å². The van der Waals surface area contributed by atoms with Crippen LogP contribution in [0.3, 0.4) is 0 Å². The molecular formula is C26H30N2O3. The number of aliphatic hydroxyl groups is 1.